The Morgan fingerprint density at radius 1 is 1.44 bits per heavy atom. The lowest BCUT2D eigenvalue weighted by atomic mass is 10.2. The minimum atomic E-state index is 0.0480. The Kier molecular flexibility index (Phi) is 4.19. The fraction of sp³-hybridized carbons (Fsp3) is 0.500. The zero-order valence-electron chi connectivity index (χ0n) is 10.9. The summed E-state index contributed by atoms with van der Waals surface area (Å²) in [6.45, 7) is 3.09. The number of aryl methyl sites for hydroxylation is 2. The van der Waals surface area contributed by atoms with Crippen molar-refractivity contribution in [2.24, 2.45) is 14.1 Å². The quantitative estimate of drug-likeness (QED) is 0.919. The molecule has 2 rings (SSSR count). The maximum Gasteiger partial charge on any atom is 0.131 e. The highest BCUT2D eigenvalue weighted by molar-refractivity contribution is 9.10. The van der Waals surface area contributed by atoms with Crippen molar-refractivity contribution in [1.82, 2.24) is 24.6 Å². The SMILES string of the molecule is CCCNC(c1nccn1C)c1c(Br)cnn1C. The maximum absolute atomic E-state index is 4.45. The normalized spacial score (nSPS) is 12.9. The van der Waals surface area contributed by atoms with Crippen LogP contribution < -0.4 is 5.32 Å². The molecule has 18 heavy (non-hydrogen) atoms. The summed E-state index contributed by atoms with van der Waals surface area (Å²) in [7, 11) is 3.96. The number of hydrogen-bond donors (Lipinski definition) is 1. The summed E-state index contributed by atoms with van der Waals surface area (Å²) in [5, 5.41) is 7.80. The van der Waals surface area contributed by atoms with Crippen LogP contribution in [0.2, 0.25) is 0 Å². The summed E-state index contributed by atoms with van der Waals surface area (Å²) < 4.78 is 4.92. The van der Waals surface area contributed by atoms with E-state index in [0.29, 0.717) is 0 Å². The molecule has 0 radical (unpaired) electrons. The highest BCUT2D eigenvalue weighted by Gasteiger charge is 2.23. The number of nitrogens with one attached hydrogen (secondary N) is 1. The molecule has 6 heteroatoms. The molecule has 0 aliphatic heterocycles. The van der Waals surface area contributed by atoms with Gasteiger partial charge in [0.15, 0.2) is 0 Å². The third-order valence-corrected chi connectivity index (χ3v) is 3.54. The van der Waals surface area contributed by atoms with E-state index in [2.05, 4.69) is 38.3 Å². The monoisotopic (exact) mass is 311 g/mol. The molecule has 0 amide bonds. The van der Waals surface area contributed by atoms with Gasteiger partial charge in [0, 0.05) is 26.5 Å². The third kappa shape index (κ3) is 2.49. The van der Waals surface area contributed by atoms with Gasteiger partial charge < -0.3 is 9.88 Å². The van der Waals surface area contributed by atoms with E-state index in [-0.39, 0.29) is 6.04 Å². The van der Waals surface area contributed by atoms with Crippen LogP contribution in [0, 0.1) is 0 Å². The molecule has 0 spiro atoms. The van der Waals surface area contributed by atoms with Gasteiger partial charge in [0.2, 0.25) is 0 Å². The molecule has 0 bridgehead atoms. The van der Waals surface area contributed by atoms with Gasteiger partial charge in [0.05, 0.1) is 16.4 Å². The van der Waals surface area contributed by atoms with E-state index in [4.69, 9.17) is 0 Å². The fourth-order valence-corrected chi connectivity index (χ4v) is 2.58. The molecule has 5 nitrogen and oxygen atoms in total. The maximum atomic E-state index is 4.45. The Bertz CT molecular complexity index is 497. The Hall–Kier alpha value is -1.14. The Morgan fingerprint density at radius 3 is 2.72 bits per heavy atom. The van der Waals surface area contributed by atoms with Gasteiger partial charge in [-0.2, -0.15) is 5.10 Å². The van der Waals surface area contributed by atoms with Gasteiger partial charge in [-0.05, 0) is 28.9 Å². The first kappa shape index (κ1) is 13.3. The molecular formula is C12H18BrN5. The van der Waals surface area contributed by atoms with Crippen molar-refractivity contribution in [3.8, 4) is 0 Å². The molecule has 2 heterocycles. The van der Waals surface area contributed by atoms with Crippen molar-refractivity contribution in [2.45, 2.75) is 19.4 Å². The van der Waals surface area contributed by atoms with Crippen LogP contribution in [-0.4, -0.2) is 25.9 Å². The van der Waals surface area contributed by atoms with E-state index in [1.807, 2.05) is 41.9 Å². The van der Waals surface area contributed by atoms with Gasteiger partial charge in [-0.15, -0.1) is 0 Å². The van der Waals surface area contributed by atoms with Gasteiger partial charge in [-0.3, -0.25) is 4.68 Å². The van der Waals surface area contributed by atoms with Crippen LogP contribution in [0.5, 0.6) is 0 Å². The Labute approximate surface area is 115 Å². The lowest BCUT2D eigenvalue weighted by Crippen LogP contribution is -2.28. The zero-order chi connectivity index (χ0) is 13.1. The van der Waals surface area contributed by atoms with Crippen molar-refractivity contribution in [3.63, 3.8) is 0 Å². The second kappa shape index (κ2) is 5.67. The van der Waals surface area contributed by atoms with Crippen LogP contribution in [0.25, 0.3) is 0 Å². The summed E-state index contributed by atoms with van der Waals surface area (Å²) >= 11 is 3.56. The smallest absolute Gasteiger partial charge is 0.131 e. The summed E-state index contributed by atoms with van der Waals surface area (Å²) in [6.07, 6.45) is 6.68. The summed E-state index contributed by atoms with van der Waals surface area (Å²) in [5.41, 5.74) is 1.10. The van der Waals surface area contributed by atoms with Crippen LogP contribution in [0.4, 0.5) is 0 Å². The van der Waals surface area contributed by atoms with Gasteiger partial charge in [0.25, 0.3) is 0 Å². The van der Waals surface area contributed by atoms with Crippen LogP contribution in [-0.2, 0) is 14.1 Å². The molecule has 1 N–H and O–H groups in total. The first-order valence-corrected chi connectivity index (χ1v) is 6.82. The van der Waals surface area contributed by atoms with E-state index in [1.54, 1.807) is 0 Å². The molecule has 1 unspecified atom stereocenters. The lowest BCUT2D eigenvalue weighted by molar-refractivity contribution is 0.518. The average molecular weight is 312 g/mol. The average Bonchev–Trinajstić information content (AvgIpc) is 2.90. The molecule has 0 saturated heterocycles. The van der Waals surface area contributed by atoms with Crippen LogP contribution >= 0.6 is 15.9 Å². The predicted molar refractivity (Wildman–Crippen MR) is 74.3 cm³/mol. The topological polar surface area (TPSA) is 47.7 Å². The fourth-order valence-electron chi connectivity index (χ4n) is 2.00. The number of nitrogens with zero attached hydrogens (tertiary/aromatic N) is 4. The second-order valence-corrected chi connectivity index (χ2v) is 5.14. The van der Waals surface area contributed by atoms with Crippen LogP contribution in [0.15, 0.2) is 23.1 Å². The molecule has 0 aliphatic carbocycles. The van der Waals surface area contributed by atoms with Gasteiger partial charge in [0.1, 0.15) is 11.9 Å². The van der Waals surface area contributed by atoms with Gasteiger partial charge in [-0.25, -0.2) is 4.98 Å². The number of aromatic nitrogens is 4. The van der Waals surface area contributed by atoms with Gasteiger partial charge >= 0.3 is 0 Å². The molecule has 0 aliphatic rings. The first-order valence-electron chi connectivity index (χ1n) is 6.03. The molecule has 0 saturated carbocycles. The van der Waals surface area contributed by atoms with Crippen LogP contribution in [0.3, 0.4) is 0 Å². The van der Waals surface area contributed by atoms with Crippen molar-refractivity contribution in [1.29, 1.82) is 0 Å². The minimum Gasteiger partial charge on any atom is -0.336 e. The molecular weight excluding hydrogens is 294 g/mol. The summed E-state index contributed by atoms with van der Waals surface area (Å²) in [4.78, 5) is 4.45. The van der Waals surface area contributed by atoms with Gasteiger partial charge in [-0.1, -0.05) is 6.92 Å². The molecule has 0 fully saturated rings. The Morgan fingerprint density at radius 2 is 2.22 bits per heavy atom. The Balaban J connectivity index is 2.40. The van der Waals surface area contributed by atoms with Crippen molar-refractivity contribution >= 4 is 15.9 Å². The molecule has 2 aromatic heterocycles. The lowest BCUT2D eigenvalue weighted by Gasteiger charge is -2.19. The van der Waals surface area contributed by atoms with E-state index in [9.17, 15) is 0 Å². The summed E-state index contributed by atoms with van der Waals surface area (Å²) in [5.74, 6) is 0.993. The number of imidazole rings is 1. The standard InChI is InChI=1S/C12H18BrN5/c1-4-5-14-10(12-15-6-7-17(12)2)11-9(13)8-16-18(11)3/h6-8,10,14H,4-5H2,1-3H3. The van der Waals surface area contributed by atoms with Crippen LogP contribution in [0.1, 0.15) is 30.9 Å². The van der Waals surface area contributed by atoms with E-state index in [0.717, 1.165) is 29.0 Å². The highest BCUT2D eigenvalue weighted by Crippen LogP contribution is 2.26. The van der Waals surface area contributed by atoms with E-state index < -0.39 is 0 Å². The highest BCUT2D eigenvalue weighted by atomic mass is 79.9. The first-order chi connectivity index (χ1) is 8.65. The zero-order valence-corrected chi connectivity index (χ0v) is 12.5. The number of hydrogen-bond acceptors (Lipinski definition) is 3. The van der Waals surface area contributed by atoms with Crippen molar-refractivity contribution in [2.75, 3.05) is 6.54 Å². The van der Waals surface area contributed by atoms with E-state index >= 15 is 0 Å². The van der Waals surface area contributed by atoms with E-state index in [1.165, 1.54) is 0 Å². The minimum absolute atomic E-state index is 0.0480. The molecule has 0 aromatic carbocycles. The number of halogens is 1. The molecule has 1 atom stereocenters. The molecule has 2 aromatic rings. The number of rotatable bonds is 5. The third-order valence-electron chi connectivity index (χ3n) is 2.93. The summed E-state index contributed by atoms with van der Waals surface area (Å²) in [6, 6.07) is 0.0480. The molecule has 98 valence electrons. The van der Waals surface area contributed by atoms with Crippen molar-refractivity contribution in [3.05, 3.63) is 34.6 Å². The predicted octanol–water partition coefficient (Wildman–Crippen LogP) is 2.01. The second-order valence-electron chi connectivity index (χ2n) is 4.28. The largest absolute Gasteiger partial charge is 0.336 e. The van der Waals surface area contributed by atoms with Crippen molar-refractivity contribution < 1.29 is 0 Å².